The maximum absolute atomic E-state index is 11.5. The third kappa shape index (κ3) is 3.13. The Morgan fingerprint density at radius 3 is 3.06 bits per heavy atom. The van der Waals surface area contributed by atoms with E-state index < -0.39 is 0 Å². The highest BCUT2D eigenvalue weighted by molar-refractivity contribution is 7.99. The molecule has 1 unspecified atom stereocenters. The molecule has 1 aromatic heterocycles. The van der Waals surface area contributed by atoms with E-state index >= 15 is 0 Å². The van der Waals surface area contributed by atoms with Gasteiger partial charge in [0.25, 0.3) is 0 Å². The molecular weight excluding hydrogens is 256 g/mol. The summed E-state index contributed by atoms with van der Waals surface area (Å²) in [5, 5.41) is 4.23. The number of nitrogens with zero attached hydrogens (tertiary/aromatic N) is 1. The Bertz CT molecular complexity index is 400. The van der Waals surface area contributed by atoms with Gasteiger partial charge in [-0.1, -0.05) is 11.3 Å². The van der Waals surface area contributed by atoms with Crippen LogP contribution in [0, 0.1) is 6.92 Å². The molecule has 0 saturated carbocycles. The van der Waals surface area contributed by atoms with Crippen molar-refractivity contribution in [2.45, 2.75) is 25.8 Å². The second kappa shape index (κ2) is 5.73. The van der Waals surface area contributed by atoms with Crippen molar-refractivity contribution in [3.8, 4) is 0 Å². The predicted octanol–water partition coefficient (Wildman–Crippen LogP) is 2.55. The number of methoxy groups -OCH3 is 1. The summed E-state index contributed by atoms with van der Waals surface area (Å²) < 4.78 is 4.72. The van der Waals surface area contributed by atoms with E-state index in [9.17, 15) is 4.79 Å². The number of carbonyl (C=O) groups is 1. The smallest absolute Gasteiger partial charge is 0.350 e. The van der Waals surface area contributed by atoms with Gasteiger partial charge < -0.3 is 10.1 Å². The molecule has 4 nitrogen and oxygen atoms in total. The van der Waals surface area contributed by atoms with Crippen LogP contribution < -0.4 is 5.32 Å². The van der Waals surface area contributed by atoms with Crippen molar-refractivity contribution in [2.24, 2.45) is 0 Å². The summed E-state index contributed by atoms with van der Waals surface area (Å²) in [6, 6.07) is 0.477. The highest BCUT2D eigenvalue weighted by Gasteiger charge is 2.19. The summed E-state index contributed by atoms with van der Waals surface area (Å²) in [6.07, 6.45) is 2.43. The topological polar surface area (TPSA) is 51.2 Å². The van der Waals surface area contributed by atoms with Crippen LogP contribution in [0.2, 0.25) is 0 Å². The van der Waals surface area contributed by atoms with Gasteiger partial charge in [0.15, 0.2) is 5.13 Å². The van der Waals surface area contributed by atoms with E-state index in [0.29, 0.717) is 10.9 Å². The number of aryl methyl sites for hydroxylation is 1. The van der Waals surface area contributed by atoms with Crippen LogP contribution in [0.25, 0.3) is 0 Å². The summed E-state index contributed by atoms with van der Waals surface area (Å²) in [6.45, 7) is 1.84. The third-order valence-electron chi connectivity index (χ3n) is 2.66. The highest BCUT2D eigenvalue weighted by atomic mass is 32.2. The van der Waals surface area contributed by atoms with Crippen LogP contribution in [0.3, 0.4) is 0 Å². The fourth-order valence-corrected chi connectivity index (χ4v) is 3.80. The molecule has 1 aliphatic heterocycles. The molecule has 0 spiro atoms. The molecule has 0 bridgehead atoms. The highest BCUT2D eigenvalue weighted by Crippen LogP contribution is 2.26. The van der Waals surface area contributed by atoms with Crippen LogP contribution in [0.1, 0.15) is 28.2 Å². The molecular formula is C11H16N2O2S2. The van der Waals surface area contributed by atoms with Crippen molar-refractivity contribution in [3.05, 3.63) is 10.6 Å². The Labute approximate surface area is 109 Å². The number of hydrogen-bond donors (Lipinski definition) is 1. The maximum Gasteiger partial charge on any atom is 0.350 e. The molecule has 1 atom stereocenters. The minimum atomic E-state index is -0.300. The number of thiazole rings is 1. The van der Waals surface area contributed by atoms with Gasteiger partial charge >= 0.3 is 5.97 Å². The molecule has 1 aromatic rings. The van der Waals surface area contributed by atoms with E-state index in [2.05, 4.69) is 10.3 Å². The first-order chi connectivity index (χ1) is 8.20. The van der Waals surface area contributed by atoms with Crippen LogP contribution in [-0.4, -0.2) is 35.6 Å². The second-order valence-corrected chi connectivity index (χ2v) is 6.13. The van der Waals surface area contributed by atoms with Crippen LogP contribution in [-0.2, 0) is 4.74 Å². The van der Waals surface area contributed by atoms with E-state index in [1.54, 1.807) is 0 Å². The monoisotopic (exact) mass is 272 g/mol. The number of thioether (sulfide) groups is 1. The van der Waals surface area contributed by atoms with E-state index in [1.807, 2.05) is 18.7 Å². The van der Waals surface area contributed by atoms with Crippen LogP contribution in [0.4, 0.5) is 5.13 Å². The zero-order valence-corrected chi connectivity index (χ0v) is 11.6. The van der Waals surface area contributed by atoms with Crippen LogP contribution in [0.5, 0.6) is 0 Å². The standard InChI is InChI=1S/C11H16N2O2S2/c1-7-9(10(14)15-2)17-11(12-7)13-8-4-3-5-16-6-8/h8H,3-6H2,1-2H3,(H,12,13). The fourth-order valence-electron chi connectivity index (χ4n) is 1.77. The molecule has 1 N–H and O–H groups in total. The Balaban J connectivity index is 2.03. The number of ether oxygens (including phenoxy) is 1. The SMILES string of the molecule is COC(=O)c1sc(NC2CCCSC2)nc1C. The lowest BCUT2D eigenvalue weighted by Gasteiger charge is -2.21. The Morgan fingerprint density at radius 1 is 1.59 bits per heavy atom. The van der Waals surface area contributed by atoms with Gasteiger partial charge in [0.05, 0.1) is 12.8 Å². The number of anilines is 1. The zero-order chi connectivity index (χ0) is 12.3. The third-order valence-corrected chi connectivity index (χ3v) is 4.94. The van der Waals surface area contributed by atoms with E-state index in [0.717, 1.165) is 16.6 Å². The summed E-state index contributed by atoms with van der Waals surface area (Å²) in [5.74, 6) is 2.07. The van der Waals surface area contributed by atoms with Crippen molar-refractivity contribution < 1.29 is 9.53 Å². The Kier molecular flexibility index (Phi) is 4.28. The van der Waals surface area contributed by atoms with Crippen LogP contribution in [0.15, 0.2) is 0 Å². The predicted molar refractivity (Wildman–Crippen MR) is 72.2 cm³/mol. The number of nitrogens with one attached hydrogen (secondary N) is 1. The Hall–Kier alpha value is -0.750. The van der Waals surface area contributed by atoms with Crippen molar-refractivity contribution >= 4 is 34.2 Å². The maximum atomic E-state index is 11.5. The molecule has 6 heteroatoms. The molecule has 94 valence electrons. The van der Waals surface area contributed by atoms with Crippen molar-refractivity contribution in [2.75, 3.05) is 23.9 Å². The molecule has 0 aliphatic carbocycles. The lowest BCUT2D eigenvalue weighted by Crippen LogP contribution is -2.25. The van der Waals surface area contributed by atoms with Crippen LogP contribution >= 0.6 is 23.1 Å². The second-order valence-electron chi connectivity index (χ2n) is 3.98. The fraction of sp³-hybridized carbons (Fsp3) is 0.636. The first-order valence-corrected chi connectivity index (χ1v) is 7.58. The number of rotatable bonds is 3. The number of esters is 1. The molecule has 0 aromatic carbocycles. The van der Waals surface area contributed by atoms with Gasteiger partial charge in [-0.25, -0.2) is 9.78 Å². The molecule has 2 heterocycles. The largest absolute Gasteiger partial charge is 0.465 e. The van der Waals surface area contributed by atoms with Crippen molar-refractivity contribution in [1.29, 1.82) is 0 Å². The van der Waals surface area contributed by atoms with Gasteiger partial charge in [-0.3, -0.25) is 0 Å². The number of aromatic nitrogens is 1. The van der Waals surface area contributed by atoms with Gasteiger partial charge in [0, 0.05) is 11.8 Å². The first-order valence-electron chi connectivity index (χ1n) is 5.60. The summed E-state index contributed by atoms with van der Waals surface area (Å²) in [4.78, 5) is 16.4. The minimum absolute atomic E-state index is 0.300. The van der Waals surface area contributed by atoms with Gasteiger partial charge in [0.2, 0.25) is 0 Å². The molecule has 17 heavy (non-hydrogen) atoms. The summed E-state index contributed by atoms with van der Waals surface area (Å²) in [7, 11) is 1.40. The first kappa shape index (κ1) is 12.7. The van der Waals surface area contributed by atoms with Gasteiger partial charge in [-0.2, -0.15) is 11.8 Å². The molecule has 0 radical (unpaired) electrons. The zero-order valence-electron chi connectivity index (χ0n) is 9.99. The van der Waals surface area contributed by atoms with Gasteiger partial charge in [-0.15, -0.1) is 0 Å². The Morgan fingerprint density at radius 2 is 2.41 bits per heavy atom. The summed E-state index contributed by atoms with van der Waals surface area (Å²) in [5.41, 5.74) is 0.743. The average molecular weight is 272 g/mol. The van der Waals surface area contributed by atoms with E-state index in [-0.39, 0.29) is 5.97 Å². The molecule has 0 amide bonds. The lowest BCUT2D eigenvalue weighted by atomic mass is 10.2. The number of carbonyl (C=O) groups excluding carboxylic acids is 1. The molecule has 1 saturated heterocycles. The van der Waals surface area contributed by atoms with Gasteiger partial charge in [0.1, 0.15) is 4.88 Å². The average Bonchev–Trinajstić information content (AvgIpc) is 2.70. The van der Waals surface area contributed by atoms with Crippen molar-refractivity contribution in [1.82, 2.24) is 4.98 Å². The summed E-state index contributed by atoms with van der Waals surface area (Å²) >= 11 is 3.35. The minimum Gasteiger partial charge on any atom is -0.465 e. The molecule has 1 fully saturated rings. The molecule has 2 rings (SSSR count). The normalized spacial score (nSPS) is 20.0. The van der Waals surface area contributed by atoms with E-state index in [1.165, 1.54) is 37.0 Å². The molecule has 1 aliphatic rings. The number of hydrogen-bond acceptors (Lipinski definition) is 6. The van der Waals surface area contributed by atoms with Gasteiger partial charge in [-0.05, 0) is 25.5 Å². The van der Waals surface area contributed by atoms with E-state index in [4.69, 9.17) is 4.74 Å². The van der Waals surface area contributed by atoms with Crippen molar-refractivity contribution in [3.63, 3.8) is 0 Å². The quantitative estimate of drug-likeness (QED) is 0.857. The lowest BCUT2D eigenvalue weighted by molar-refractivity contribution is 0.0605.